The van der Waals surface area contributed by atoms with Crippen molar-refractivity contribution in [3.8, 4) is 5.75 Å². The van der Waals surface area contributed by atoms with Crippen molar-refractivity contribution in [3.05, 3.63) is 62.6 Å². The van der Waals surface area contributed by atoms with Gasteiger partial charge in [0.2, 0.25) is 0 Å². The Morgan fingerprint density at radius 1 is 1.32 bits per heavy atom. The number of nitrogens with zero attached hydrogens (tertiary/aromatic N) is 1. The maximum absolute atomic E-state index is 12.4. The minimum atomic E-state index is -4.94. The molecule has 1 aliphatic rings. The normalized spacial score (nSPS) is 18.0. The molecule has 1 aromatic rings. The van der Waals surface area contributed by atoms with Crippen LogP contribution >= 0.6 is 0 Å². The van der Waals surface area contributed by atoms with Gasteiger partial charge in [0.05, 0.1) is 16.2 Å². The van der Waals surface area contributed by atoms with Gasteiger partial charge >= 0.3 is 12.3 Å². The van der Waals surface area contributed by atoms with Gasteiger partial charge in [-0.25, -0.2) is 4.79 Å². The number of carbonyl (C=O) groups is 1. The number of hydrogen-bond donors (Lipinski definition) is 2. The number of alkyl halides is 3. The Bertz CT molecular complexity index is 763. The number of aliphatic carboxylic acids is 1. The fourth-order valence-electron chi connectivity index (χ4n) is 2.72. The van der Waals surface area contributed by atoms with E-state index in [1.54, 1.807) is 0 Å². The number of halogens is 3. The largest absolute Gasteiger partial charge is 0.573 e. The summed E-state index contributed by atoms with van der Waals surface area (Å²) < 4.78 is 41.0. The topological polar surface area (TPSA) is 102 Å². The molecule has 0 amide bonds. The number of carboxylic acid groups (broad SMARTS) is 1. The molecule has 1 unspecified atom stereocenters. The van der Waals surface area contributed by atoms with Crippen LogP contribution in [0.2, 0.25) is 0 Å². The van der Waals surface area contributed by atoms with Crippen LogP contribution in [-0.4, -0.2) is 22.4 Å². The number of ether oxygens (including phenoxy) is 1. The lowest BCUT2D eigenvalue weighted by Crippen LogP contribution is -2.30. The molecule has 0 aliphatic carbocycles. The van der Waals surface area contributed by atoms with E-state index >= 15 is 0 Å². The van der Waals surface area contributed by atoms with Gasteiger partial charge in [-0.15, -0.1) is 13.2 Å². The van der Waals surface area contributed by atoms with Crippen LogP contribution < -0.4 is 10.1 Å². The van der Waals surface area contributed by atoms with Gasteiger partial charge in [-0.3, -0.25) is 10.1 Å². The molecule has 1 aliphatic heterocycles. The fourth-order valence-corrected chi connectivity index (χ4v) is 2.72. The summed E-state index contributed by atoms with van der Waals surface area (Å²) in [5.41, 5.74) is -0.484. The van der Waals surface area contributed by atoms with Crippen LogP contribution in [0.5, 0.6) is 5.75 Å². The van der Waals surface area contributed by atoms with E-state index in [0.717, 1.165) is 12.1 Å². The summed E-state index contributed by atoms with van der Waals surface area (Å²) in [4.78, 5) is 22.3. The number of nitrogens with one attached hydrogen (secondary N) is 1. The van der Waals surface area contributed by atoms with Crippen molar-refractivity contribution in [1.29, 1.82) is 0 Å². The highest BCUT2D eigenvalue weighted by Gasteiger charge is 2.40. The van der Waals surface area contributed by atoms with Gasteiger partial charge in [-0.1, -0.05) is 12.1 Å². The summed E-state index contributed by atoms with van der Waals surface area (Å²) in [6.45, 7) is 2.82. The number of nitro groups is 1. The average Bonchev–Trinajstić information content (AvgIpc) is 2.43. The maximum atomic E-state index is 12.4. The third kappa shape index (κ3) is 3.90. The summed E-state index contributed by atoms with van der Waals surface area (Å²) in [6.07, 6.45) is -4.94. The van der Waals surface area contributed by atoms with Crippen molar-refractivity contribution in [2.24, 2.45) is 0 Å². The number of rotatable bonds is 4. The Morgan fingerprint density at radius 2 is 1.96 bits per heavy atom. The standard InChI is InChI=1S/C15H13F3N2O5/c1-7-11(14(21)22)12(13(20(23)24)8(2)19-7)9-4-3-5-10(6-9)25-15(16,17)18/h3-6,12,19H,1-2H3,(H,21,22). The van der Waals surface area contributed by atoms with E-state index in [1.165, 1.54) is 26.0 Å². The molecule has 0 radical (unpaired) electrons. The first kappa shape index (κ1) is 18.3. The van der Waals surface area contributed by atoms with E-state index in [2.05, 4.69) is 10.1 Å². The lowest BCUT2D eigenvalue weighted by Gasteiger charge is -2.25. The third-order valence-corrected chi connectivity index (χ3v) is 3.58. The summed E-state index contributed by atoms with van der Waals surface area (Å²) in [5.74, 6) is -3.35. The van der Waals surface area contributed by atoms with E-state index in [9.17, 15) is 33.2 Å². The van der Waals surface area contributed by atoms with Gasteiger partial charge in [0, 0.05) is 5.70 Å². The molecule has 0 aromatic heterocycles. The van der Waals surface area contributed by atoms with E-state index in [0.29, 0.717) is 0 Å². The van der Waals surface area contributed by atoms with Crippen molar-refractivity contribution < 1.29 is 32.7 Å². The van der Waals surface area contributed by atoms with Gasteiger partial charge in [0.1, 0.15) is 11.7 Å². The Labute approximate surface area is 139 Å². The molecule has 1 heterocycles. The van der Waals surface area contributed by atoms with Crippen molar-refractivity contribution >= 4 is 5.97 Å². The quantitative estimate of drug-likeness (QED) is 0.633. The molecule has 0 bridgehead atoms. The van der Waals surface area contributed by atoms with Crippen LogP contribution in [0.15, 0.2) is 46.9 Å². The lowest BCUT2D eigenvalue weighted by molar-refractivity contribution is -0.431. The molecule has 1 aromatic carbocycles. The van der Waals surface area contributed by atoms with Gasteiger partial charge in [0.25, 0.3) is 5.70 Å². The second kappa shape index (κ2) is 6.46. The first-order chi connectivity index (χ1) is 11.5. The highest BCUT2D eigenvalue weighted by Crippen LogP contribution is 2.39. The highest BCUT2D eigenvalue weighted by molar-refractivity contribution is 5.90. The van der Waals surface area contributed by atoms with Crippen LogP contribution in [0.1, 0.15) is 25.3 Å². The molecular weight excluding hydrogens is 345 g/mol. The second-order valence-electron chi connectivity index (χ2n) is 5.29. The molecule has 2 rings (SSSR count). The summed E-state index contributed by atoms with van der Waals surface area (Å²) in [5, 5.41) is 23.5. The number of hydrogen-bond acceptors (Lipinski definition) is 5. The molecule has 10 heteroatoms. The zero-order valence-corrected chi connectivity index (χ0v) is 13.0. The molecule has 0 saturated carbocycles. The van der Waals surface area contributed by atoms with Gasteiger partial charge in [-0.05, 0) is 31.5 Å². The third-order valence-electron chi connectivity index (χ3n) is 3.58. The van der Waals surface area contributed by atoms with Crippen LogP contribution in [0.3, 0.4) is 0 Å². The minimum absolute atomic E-state index is 0.00560. The van der Waals surface area contributed by atoms with E-state index in [1.807, 2.05) is 0 Å². The van der Waals surface area contributed by atoms with Crippen LogP contribution in [-0.2, 0) is 4.79 Å². The zero-order chi connectivity index (χ0) is 18.9. The summed E-state index contributed by atoms with van der Waals surface area (Å²) in [6, 6.07) is 4.49. The van der Waals surface area contributed by atoms with Crippen molar-refractivity contribution in [2.45, 2.75) is 26.1 Å². The molecule has 1 atom stereocenters. The summed E-state index contributed by atoms with van der Waals surface area (Å²) >= 11 is 0. The fraction of sp³-hybridized carbons (Fsp3) is 0.267. The molecule has 134 valence electrons. The van der Waals surface area contributed by atoms with E-state index in [4.69, 9.17) is 0 Å². The molecule has 2 N–H and O–H groups in total. The van der Waals surface area contributed by atoms with E-state index in [-0.39, 0.29) is 22.5 Å². The first-order valence-corrected chi connectivity index (χ1v) is 6.93. The van der Waals surface area contributed by atoms with Gasteiger partial charge in [-0.2, -0.15) is 0 Å². The number of carboxylic acids is 1. The van der Waals surface area contributed by atoms with Crippen molar-refractivity contribution in [3.63, 3.8) is 0 Å². The average molecular weight is 358 g/mol. The van der Waals surface area contributed by atoms with Crippen LogP contribution in [0, 0.1) is 10.1 Å². The highest BCUT2D eigenvalue weighted by atomic mass is 19.4. The number of benzene rings is 1. The monoisotopic (exact) mass is 358 g/mol. The molecule has 0 fully saturated rings. The maximum Gasteiger partial charge on any atom is 0.573 e. The number of allylic oxidation sites excluding steroid dienone is 3. The summed E-state index contributed by atoms with van der Waals surface area (Å²) in [7, 11) is 0. The van der Waals surface area contributed by atoms with Gasteiger partial charge in [0.15, 0.2) is 0 Å². The zero-order valence-electron chi connectivity index (χ0n) is 13.0. The van der Waals surface area contributed by atoms with Crippen LogP contribution in [0.4, 0.5) is 13.2 Å². The Morgan fingerprint density at radius 3 is 2.48 bits per heavy atom. The van der Waals surface area contributed by atoms with E-state index < -0.39 is 34.6 Å². The Kier molecular flexibility index (Phi) is 4.73. The number of dihydropyridines is 1. The predicted molar refractivity (Wildman–Crippen MR) is 79.0 cm³/mol. The lowest BCUT2D eigenvalue weighted by atomic mass is 9.84. The SMILES string of the molecule is CC1=C(C(=O)O)C(c2cccc(OC(F)(F)F)c2)C([N+](=O)[O-])=C(C)N1. The molecule has 25 heavy (non-hydrogen) atoms. The molecule has 7 nitrogen and oxygen atoms in total. The van der Waals surface area contributed by atoms with Crippen molar-refractivity contribution in [1.82, 2.24) is 5.32 Å². The Hall–Kier alpha value is -3.04. The molecular formula is C15H13F3N2O5. The first-order valence-electron chi connectivity index (χ1n) is 6.93. The van der Waals surface area contributed by atoms with Crippen LogP contribution in [0.25, 0.3) is 0 Å². The molecule has 0 saturated heterocycles. The van der Waals surface area contributed by atoms with Crippen molar-refractivity contribution in [2.75, 3.05) is 0 Å². The Balaban J connectivity index is 2.62. The smallest absolute Gasteiger partial charge is 0.478 e. The minimum Gasteiger partial charge on any atom is -0.478 e. The predicted octanol–water partition coefficient (Wildman–Crippen LogP) is 3.14. The van der Waals surface area contributed by atoms with Gasteiger partial charge < -0.3 is 15.2 Å². The molecule has 0 spiro atoms. The second-order valence-corrected chi connectivity index (χ2v) is 5.29.